The molecule has 0 aliphatic carbocycles. The summed E-state index contributed by atoms with van der Waals surface area (Å²) in [6.07, 6.45) is 5.30. The maximum Gasteiger partial charge on any atom is 0.136 e. The van der Waals surface area contributed by atoms with E-state index in [2.05, 4.69) is 40.0 Å². The molecule has 1 fully saturated rings. The van der Waals surface area contributed by atoms with Gasteiger partial charge in [0.1, 0.15) is 29.8 Å². The second-order valence-corrected chi connectivity index (χ2v) is 7.06. The lowest BCUT2D eigenvalue weighted by molar-refractivity contribution is 0.126. The zero-order valence-corrected chi connectivity index (χ0v) is 16.2. The first-order valence-electron chi connectivity index (χ1n) is 10.0. The zero-order valence-electron chi connectivity index (χ0n) is 16.2. The van der Waals surface area contributed by atoms with Gasteiger partial charge in [0.15, 0.2) is 0 Å². The predicted octanol–water partition coefficient (Wildman–Crippen LogP) is 3.66. The molecule has 0 amide bonds. The second-order valence-electron chi connectivity index (χ2n) is 7.06. The van der Waals surface area contributed by atoms with Crippen LogP contribution in [0.1, 0.15) is 38.9 Å². The standard InChI is InChI=1S/C21H28N4O2/c1-3-11-25-20(14-26-4-2)24-19-13-23-18-12-16(5-6-17(18)21(19)25)27-15-7-9-22-10-8-15/h5-6,12-13,15,22H,3-4,7-11,14H2,1-2H3. The molecule has 1 aliphatic heterocycles. The van der Waals surface area contributed by atoms with Crippen molar-refractivity contribution in [1.82, 2.24) is 19.9 Å². The van der Waals surface area contributed by atoms with E-state index in [0.717, 1.165) is 72.4 Å². The lowest BCUT2D eigenvalue weighted by Gasteiger charge is -2.23. The molecule has 0 saturated carbocycles. The smallest absolute Gasteiger partial charge is 0.136 e. The van der Waals surface area contributed by atoms with Crippen molar-refractivity contribution in [3.8, 4) is 5.75 Å². The number of benzene rings is 1. The number of aryl methyl sites for hydroxylation is 1. The Bertz CT molecular complexity index is 915. The van der Waals surface area contributed by atoms with Crippen LogP contribution in [0.15, 0.2) is 24.4 Å². The van der Waals surface area contributed by atoms with E-state index in [1.54, 1.807) is 0 Å². The van der Waals surface area contributed by atoms with Crippen molar-refractivity contribution in [1.29, 1.82) is 0 Å². The Hall–Kier alpha value is -2.18. The zero-order chi connectivity index (χ0) is 18.6. The molecule has 0 spiro atoms. The summed E-state index contributed by atoms with van der Waals surface area (Å²) in [5.74, 6) is 1.87. The van der Waals surface area contributed by atoms with E-state index >= 15 is 0 Å². The number of fused-ring (bicyclic) bond motifs is 3. The van der Waals surface area contributed by atoms with Crippen LogP contribution in [-0.2, 0) is 17.9 Å². The summed E-state index contributed by atoms with van der Waals surface area (Å²) in [5.41, 5.74) is 3.02. The third-order valence-electron chi connectivity index (χ3n) is 5.10. The Balaban J connectivity index is 1.72. The summed E-state index contributed by atoms with van der Waals surface area (Å²) in [6.45, 7) is 8.38. The van der Waals surface area contributed by atoms with E-state index in [4.69, 9.17) is 14.5 Å². The van der Waals surface area contributed by atoms with Crippen LogP contribution in [0.3, 0.4) is 0 Å². The molecule has 27 heavy (non-hydrogen) atoms. The van der Waals surface area contributed by atoms with Crippen LogP contribution in [-0.4, -0.2) is 40.3 Å². The molecule has 0 atom stereocenters. The van der Waals surface area contributed by atoms with Gasteiger partial charge in [-0.05, 0) is 51.4 Å². The molecule has 0 bridgehead atoms. The van der Waals surface area contributed by atoms with Crippen molar-refractivity contribution in [3.63, 3.8) is 0 Å². The fourth-order valence-corrected chi connectivity index (χ4v) is 3.79. The molecule has 2 aromatic heterocycles. The maximum atomic E-state index is 6.19. The molecule has 1 aromatic carbocycles. The van der Waals surface area contributed by atoms with Crippen LogP contribution in [0.4, 0.5) is 0 Å². The normalized spacial score (nSPS) is 15.6. The quantitative estimate of drug-likeness (QED) is 0.690. The lowest BCUT2D eigenvalue weighted by Crippen LogP contribution is -2.34. The highest BCUT2D eigenvalue weighted by Gasteiger charge is 2.17. The third kappa shape index (κ3) is 3.77. The van der Waals surface area contributed by atoms with Gasteiger partial charge in [0.2, 0.25) is 0 Å². The first-order valence-corrected chi connectivity index (χ1v) is 10.0. The molecular weight excluding hydrogens is 340 g/mol. The van der Waals surface area contributed by atoms with Gasteiger partial charge in [-0.1, -0.05) is 6.92 Å². The van der Waals surface area contributed by atoms with Crippen LogP contribution in [0.5, 0.6) is 5.75 Å². The summed E-state index contributed by atoms with van der Waals surface area (Å²) in [5, 5.41) is 4.49. The number of aromatic nitrogens is 3. The summed E-state index contributed by atoms with van der Waals surface area (Å²) in [4.78, 5) is 9.42. The lowest BCUT2D eigenvalue weighted by atomic mass is 10.1. The van der Waals surface area contributed by atoms with E-state index in [-0.39, 0.29) is 6.10 Å². The number of rotatable bonds is 7. The molecule has 1 aliphatic rings. The van der Waals surface area contributed by atoms with Crippen LogP contribution in [0, 0.1) is 0 Å². The largest absolute Gasteiger partial charge is 0.490 e. The number of imidazole rings is 1. The fourth-order valence-electron chi connectivity index (χ4n) is 3.79. The topological polar surface area (TPSA) is 61.2 Å². The second kappa shape index (κ2) is 8.23. The molecule has 1 N–H and O–H groups in total. The Morgan fingerprint density at radius 3 is 2.81 bits per heavy atom. The third-order valence-corrected chi connectivity index (χ3v) is 5.10. The van der Waals surface area contributed by atoms with Crippen molar-refractivity contribution in [2.24, 2.45) is 0 Å². The van der Waals surface area contributed by atoms with Gasteiger partial charge in [0.25, 0.3) is 0 Å². The highest BCUT2D eigenvalue weighted by atomic mass is 16.5. The summed E-state index contributed by atoms with van der Waals surface area (Å²) >= 11 is 0. The molecule has 0 radical (unpaired) electrons. The van der Waals surface area contributed by atoms with Crippen molar-refractivity contribution in [2.75, 3.05) is 19.7 Å². The van der Waals surface area contributed by atoms with Crippen molar-refractivity contribution in [2.45, 2.75) is 52.4 Å². The highest BCUT2D eigenvalue weighted by molar-refractivity contribution is 6.02. The molecule has 4 rings (SSSR count). The Kier molecular flexibility index (Phi) is 5.55. The van der Waals surface area contributed by atoms with Gasteiger partial charge < -0.3 is 19.4 Å². The first-order chi connectivity index (χ1) is 13.3. The Morgan fingerprint density at radius 2 is 2.04 bits per heavy atom. The van der Waals surface area contributed by atoms with E-state index in [9.17, 15) is 0 Å². The number of piperidine rings is 1. The van der Waals surface area contributed by atoms with Gasteiger partial charge in [-0.25, -0.2) is 4.98 Å². The van der Waals surface area contributed by atoms with Gasteiger partial charge >= 0.3 is 0 Å². The maximum absolute atomic E-state index is 6.19. The van der Waals surface area contributed by atoms with Gasteiger partial charge in [0.05, 0.1) is 17.2 Å². The summed E-state index contributed by atoms with van der Waals surface area (Å²) < 4.78 is 14.1. The van der Waals surface area contributed by atoms with E-state index in [0.29, 0.717) is 13.2 Å². The summed E-state index contributed by atoms with van der Waals surface area (Å²) in [7, 11) is 0. The predicted molar refractivity (Wildman–Crippen MR) is 107 cm³/mol. The van der Waals surface area contributed by atoms with Crippen LogP contribution in [0.25, 0.3) is 21.9 Å². The number of hydrogen-bond acceptors (Lipinski definition) is 5. The van der Waals surface area contributed by atoms with Crippen LogP contribution < -0.4 is 10.1 Å². The number of ether oxygens (including phenoxy) is 2. The number of hydrogen-bond donors (Lipinski definition) is 1. The van der Waals surface area contributed by atoms with Crippen molar-refractivity contribution in [3.05, 3.63) is 30.2 Å². The Labute approximate surface area is 159 Å². The molecule has 6 nitrogen and oxygen atoms in total. The van der Waals surface area contributed by atoms with Crippen molar-refractivity contribution < 1.29 is 9.47 Å². The monoisotopic (exact) mass is 368 g/mol. The minimum Gasteiger partial charge on any atom is -0.490 e. The first kappa shape index (κ1) is 18.2. The van der Waals surface area contributed by atoms with Crippen LogP contribution in [0.2, 0.25) is 0 Å². The molecule has 0 unspecified atom stereocenters. The minimum atomic E-state index is 0.288. The van der Waals surface area contributed by atoms with Gasteiger partial charge in [-0.15, -0.1) is 0 Å². The molecule has 6 heteroatoms. The molecule has 144 valence electrons. The number of nitrogens with zero attached hydrogens (tertiary/aromatic N) is 3. The Morgan fingerprint density at radius 1 is 1.19 bits per heavy atom. The van der Waals surface area contributed by atoms with Crippen molar-refractivity contribution >= 4 is 21.9 Å². The summed E-state index contributed by atoms with van der Waals surface area (Å²) in [6, 6.07) is 6.25. The average molecular weight is 368 g/mol. The number of nitrogens with one attached hydrogen (secondary N) is 1. The van der Waals surface area contributed by atoms with Gasteiger partial charge in [-0.2, -0.15) is 0 Å². The minimum absolute atomic E-state index is 0.288. The fraction of sp³-hybridized carbons (Fsp3) is 0.524. The molecule has 3 aromatic rings. The number of pyridine rings is 1. The highest BCUT2D eigenvalue weighted by Crippen LogP contribution is 2.29. The molecular formula is C21H28N4O2. The molecule has 1 saturated heterocycles. The van der Waals surface area contributed by atoms with Gasteiger partial charge in [0, 0.05) is 24.6 Å². The SMILES string of the molecule is CCCn1c(COCC)nc2cnc3cc(OC4CCNCC4)ccc3c21. The average Bonchev–Trinajstić information content (AvgIpc) is 3.05. The van der Waals surface area contributed by atoms with Gasteiger partial charge in [-0.3, -0.25) is 4.98 Å². The van der Waals surface area contributed by atoms with E-state index in [1.165, 1.54) is 0 Å². The van der Waals surface area contributed by atoms with Crippen LogP contribution >= 0.6 is 0 Å². The van der Waals surface area contributed by atoms with E-state index in [1.807, 2.05) is 13.1 Å². The molecule has 3 heterocycles. The van der Waals surface area contributed by atoms with E-state index < -0.39 is 0 Å².